The number of aliphatic hydroxyl groups is 1. The number of hydrogen-bond acceptors (Lipinski definition) is 8. The van der Waals surface area contributed by atoms with E-state index in [1.54, 1.807) is 53.1 Å². The quantitative estimate of drug-likeness (QED) is 0.119. The van der Waals surface area contributed by atoms with Crippen molar-refractivity contribution in [3.63, 3.8) is 0 Å². The molecule has 280 valence electrons. The lowest BCUT2D eigenvalue weighted by molar-refractivity contribution is -0.146. The third kappa shape index (κ3) is 7.07. The molecule has 0 saturated carbocycles. The number of carbonyl (C=O) groups excluding carboxylic acids is 2. The average molecular weight is 766 g/mol. The maximum absolute atomic E-state index is 14.9. The van der Waals surface area contributed by atoms with Crippen molar-refractivity contribution >= 4 is 43.1 Å². The van der Waals surface area contributed by atoms with E-state index >= 15 is 0 Å². The predicted molar refractivity (Wildman–Crippen MR) is 209 cm³/mol. The van der Waals surface area contributed by atoms with Crippen molar-refractivity contribution in [2.45, 2.75) is 62.7 Å². The Morgan fingerprint density at radius 2 is 1.81 bits per heavy atom. The van der Waals surface area contributed by atoms with Crippen molar-refractivity contribution in [3.8, 4) is 5.75 Å². The highest BCUT2D eigenvalue weighted by Crippen LogP contribution is 2.60. The number of aromatic nitrogens is 3. The summed E-state index contributed by atoms with van der Waals surface area (Å²) in [5.41, 5.74) is 3.20. The first-order valence-electron chi connectivity index (χ1n) is 18.0. The van der Waals surface area contributed by atoms with Gasteiger partial charge in [-0.3, -0.25) is 14.3 Å². The second-order valence-electron chi connectivity index (χ2n) is 14.6. The Morgan fingerprint density at radius 1 is 1.06 bits per heavy atom. The van der Waals surface area contributed by atoms with Crippen LogP contribution in [-0.2, 0) is 28.2 Å². The van der Waals surface area contributed by atoms with Crippen molar-refractivity contribution in [3.05, 3.63) is 136 Å². The minimum atomic E-state index is -2.92. The van der Waals surface area contributed by atoms with Crippen LogP contribution in [0, 0.1) is 5.92 Å². The zero-order valence-electron chi connectivity index (χ0n) is 30.6. The van der Waals surface area contributed by atoms with Crippen molar-refractivity contribution in [1.29, 1.82) is 0 Å². The summed E-state index contributed by atoms with van der Waals surface area (Å²) in [7, 11) is -1.34. The van der Waals surface area contributed by atoms with Gasteiger partial charge in [0.1, 0.15) is 5.75 Å². The number of halogens is 1. The lowest BCUT2D eigenvalue weighted by Gasteiger charge is -2.32. The van der Waals surface area contributed by atoms with Gasteiger partial charge in [0.15, 0.2) is 13.9 Å². The molecule has 1 saturated heterocycles. The number of aliphatic hydroxyl groups excluding tert-OH is 1. The van der Waals surface area contributed by atoms with Crippen molar-refractivity contribution in [2.24, 2.45) is 5.92 Å². The first kappa shape index (κ1) is 37.5. The van der Waals surface area contributed by atoms with Crippen LogP contribution in [0.2, 0.25) is 23.7 Å². The van der Waals surface area contributed by atoms with Gasteiger partial charge in [-0.05, 0) is 85.2 Å². The molecule has 3 heterocycles. The van der Waals surface area contributed by atoms with E-state index in [2.05, 4.69) is 15.6 Å². The highest BCUT2D eigenvalue weighted by atomic mass is 35.5. The van der Waals surface area contributed by atoms with Gasteiger partial charge in [0.25, 0.3) is 11.8 Å². The number of nitrogens with zero attached hydrogens (tertiary/aromatic N) is 4. The summed E-state index contributed by atoms with van der Waals surface area (Å²) in [4.78, 5) is 41.4. The van der Waals surface area contributed by atoms with Crippen LogP contribution in [0.3, 0.4) is 0 Å². The number of rotatable bonds is 12. The fourth-order valence-corrected chi connectivity index (χ4v) is 11.0. The summed E-state index contributed by atoms with van der Waals surface area (Å²) in [5, 5.41) is 22.4. The largest absolute Gasteiger partial charge is 0.497 e. The molecular weight excluding hydrogens is 722 g/mol. The Bertz CT molecular complexity index is 2140. The Hall–Kier alpha value is -4.85. The molecule has 7 rings (SSSR count). The number of benzene rings is 4. The summed E-state index contributed by atoms with van der Waals surface area (Å²) < 4.78 is 13.9. The molecule has 13 heteroatoms. The molecule has 4 aromatic carbocycles. The van der Waals surface area contributed by atoms with Gasteiger partial charge in [-0.1, -0.05) is 66.2 Å². The van der Waals surface area contributed by atoms with Crippen molar-refractivity contribution in [1.82, 2.24) is 15.0 Å². The number of amides is 2. The highest BCUT2D eigenvalue weighted by molar-refractivity contribution is 6.71. The number of ether oxygens (including phenoxy) is 2. The molecular formula is C41H44ClN5O6Si. The molecule has 1 unspecified atom stereocenters. The Balaban J connectivity index is 1.13. The van der Waals surface area contributed by atoms with Gasteiger partial charge in [0.2, 0.25) is 0 Å². The molecule has 54 heavy (non-hydrogen) atoms. The molecule has 0 aliphatic carbocycles. The van der Waals surface area contributed by atoms with Crippen molar-refractivity contribution < 1.29 is 29.0 Å². The fraction of sp³-hybridized carbons (Fsp3) is 0.317. The second kappa shape index (κ2) is 15.1. The summed E-state index contributed by atoms with van der Waals surface area (Å²) in [6, 6.07) is 29.4. The van der Waals surface area contributed by atoms with Gasteiger partial charge >= 0.3 is 0 Å². The number of fused-ring (bicyclic) bond motifs is 2. The first-order valence-corrected chi connectivity index (χ1v) is 21.5. The molecule has 11 nitrogen and oxygen atoms in total. The van der Waals surface area contributed by atoms with E-state index in [-0.39, 0.29) is 42.3 Å². The molecule has 0 radical (unpaired) electrons. The smallest absolute Gasteiger partial charge is 0.264 e. The number of hydrogen-bond donors (Lipinski definition) is 3. The fourth-order valence-electron chi connectivity index (χ4n) is 8.25. The zero-order valence-corrected chi connectivity index (χ0v) is 32.4. The van der Waals surface area contributed by atoms with Crippen LogP contribution in [0.1, 0.15) is 52.0 Å². The molecule has 5 atom stereocenters. The molecule has 1 spiro atoms. The van der Waals surface area contributed by atoms with Gasteiger partial charge < -0.3 is 29.6 Å². The van der Waals surface area contributed by atoms with Gasteiger partial charge in [-0.25, -0.2) is 0 Å². The van der Waals surface area contributed by atoms with E-state index in [0.717, 1.165) is 11.1 Å². The summed E-state index contributed by atoms with van der Waals surface area (Å²) in [6.07, 6.45) is 1.85. The van der Waals surface area contributed by atoms with Gasteiger partial charge in [-0.2, -0.15) is 0 Å². The molecule has 2 aliphatic rings. The molecule has 0 bridgehead atoms. The molecule has 3 N–H and O–H groups in total. The Labute approximate surface area is 320 Å². The molecule has 2 aliphatic heterocycles. The van der Waals surface area contributed by atoms with Gasteiger partial charge in [0.05, 0.1) is 43.7 Å². The summed E-state index contributed by atoms with van der Waals surface area (Å²) >= 11 is 6.60. The maximum Gasteiger partial charge on any atom is 0.264 e. The second-order valence-corrected chi connectivity index (χ2v) is 19.0. The van der Waals surface area contributed by atoms with Crippen LogP contribution < -0.4 is 15.0 Å². The number of anilines is 2. The van der Waals surface area contributed by atoms with Crippen LogP contribution in [0.4, 0.5) is 11.4 Å². The van der Waals surface area contributed by atoms with Crippen LogP contribution in [-0.4, -0.2) is 64.8 Å². The lowest BCUT2D eigenvalue weighted by Crippen LogP contribution is -2.46. The standard InChI is InChI=1S/C41H44ClN5O6Si/c1-26-38(54(3,4)51)37(19-20-46-24-35(44-45-46)33(25-48)28-10-6-5-7-11-28)53-41(26)34-22-30(42)15-18-36(34)47(40(41)50)23-27-9-8-12-31(21-27)43-39(49)29-13-16-32(52-2)17-14-29/h5-18,21-22,24,26,33,37-38,48,51H,19-20,23,25H2,1-4H3,(H,43,49)/t26-,33?,37+,38-,41+/m1/s1. The number of carbonyl (C=O) groups is 2. The lowest BCUT2D eigenvalue weighted by atomic mass is 9.82. The summed E-state index contributed by atoms with van der Waals surface area (Å²) in [5.74, 6) is -0.508. The minimum Gasteiger partial charge on any atom is -0.497 e. The van der Waals surface area contributed by atoms with E-state index in [4.69, 9.17) is 21.1 Å². The Morgan fingerprint density at radius 3 is 2.52 bits per heavy atom. The minimum absolute atomic E-state index is 0.107. The molecule has 2 amide bonds. The third-order valence-corrected chi connectivity index (χ3v) is 13.5. The van der Waals surface area contributed by atoms with E-state index in [0.29, 0.717) is 51.9 Å². The highest BCUT2D eigenvalue weighted by Gasteiger charge is 2.66. The van der Waals surface area contributed by atoms with E-state index in [1.165, 1.54) is 0 Å². The number of methoxy groups -OCH3 is 1. The topological polar surface area (TPSA) is 139 Å². The third-order valence-electron chi connectivity index (χ3n) is 10.8. The number of nitrogens with one attached hydrogen (secondary N) is 1. The average Bonchev–Trinajstić information content (AvgIpc) is 3.81. The Kier molecular flexibility index (Phi) is 10.5. The van der Waals surface area contributed by atoms with Crippen LogP contribution >= 0.6 is 11.6 Å². The predicted octanol–water partition coefficient (Wildman–Crippen LogP) is 6.75. The van der Waals surface area contributed by atoms with Gasteiger partial charge in [0, 0.05) is 46.0 Å². The molecule has 5 aromatic rings. The molecule has 1 fully saturated rings. The van der Waals surface area contributed by atoms with Crippen LogP contribution in [0.5, 0.6) is 5.75 Å². The maximum atomic E-state index is 14.9. The SMILES string of the molecule is COc1ccc(C(=O)Nc2cccc(CN3C(=O)[C@@]4(O[C@@H](CCn5cc(C(CO)c6ccccc6)nn5)[C@H]([Si](C)(C)O)[C@H]4C)c4cc(Cl)ccc43)c2)cc1. The van der Waals surface area contributed by atoms with Crippen LogP contribution in [0.15, 0.2) is 103 Å². The van der Waals surface area contributed by atoms with E-state index in [9.17, 15) is 19.5 Å². The first-order chi connectivity index (χ1) is 25.9. The van der Waals surface area contributed by atoms with E-state index in [1.807, 2.05) is 86.9 Å². The monoisotopic (exact) mass is 765 g/mol. The normalized spacial score (nSPS) is 21.4. The van der Waals surface area contributed by atoms with Crippen molar-refractivity contribution in [2.75, 3.05) is 23.9 Å². The molecule has 1 aromatic heterocycles. The van der Waals surface area contributed by atoms with E-state index < -0.39 is 20.0 Å². The van der Waals surface area contributed by atoms with Gasteiger partial charge in [-0.15, -0.1) is 5.10 Å². The van der Waals surface area contributed by atoms with Crippen LogP contribution in [0.25, 0.3) is 0 Å². The zero-order chi connectivity index (χ0) is 38.2. The summed E-state index contributed by atoms with van der Waals surface area (Å²) in [6.45, 7) is 6.33. The number of aryl methyl sites for hydroxylation is 1.